The van der Waals surface area contributed by atoms with Gasteiger partial charge >= 0.3 is 0 Å². The van der Waals surface area contributed by atoms with E-state index in [4.69, 9.17) is 0 Å². The second-order valence-corrected chi connectivity index (χ2v) is 5.71. The second kappa shape index (κ2) is 6.69. The summed E-state index contributed by atoms with van der Waals surface area (Å²) in [5.74, 6) is 0.801. The van der Waals surface area contributed by atoms with Crippen LogP contribution in [0.2, 0.25) is 0 Å². The highest BCUT2D eigenvalue weighted by Crippen LogP contribution is 2.15. The van der Waals surface area contributed by atoms with Gasteiger partial charge in [-0.1, -0.05) is 6.92 Å². The summed E-state index contributed by atoms with van der Waals surface area (Å²) in [6.45, 7) is 10.6. The number of likely N-dealkylation sites (tertiary alicyclic amines) is 1. The van der Waals surface area contributed by atoms with Crippen LogP contribution in [0.4, 0.5) is 0 Å². The number of aliphatic hydroxyl groups is 1. The van der Waals surface area contributed by atoms with Crippen LogP contribution < -0.4 is 5.32 Å². The fraction of sp³-hybridized carbons (Fsp3) is 1.00. The molecule has 0 saturated carbocycles. The fourth-order valence-corrected chi connectivity index (χ4v) is 3.00. The third-order valence-electron chi connectivity index (χ3n) is 3.89. The number of β-amino-alcohol motifs (C(OH)–C–C–N with tert-alkyl or cyclic N) is 1. The summed E-state index contributed by atoms with van der Waals surface area (Å²) in [6, 6.07) is 0. The second-order valence-electron chi connectivity index (χ2n) is 5.71. The van der Waals surface area contributed by atoms with E-state index in [-0.39, 0.29) is 6.10 Å². The first-order valence-corrected chi connectivity index (χ1v) is 7.07. The van der Waals surface area contributed by atoms with Crippen molar-refractivity contribution < 1.29 is 5.11 Å². The Kier molecular flexibility index (Phi) is 5.22. The monoisotopic (exact) mass is 241 g/mol. The van der Waals surface area contributed by atoms with E-state index < -0.39 is 0 Å². The summed E-state index contributed by atoms with van der Waals surface area (Å²) in [4.78, 5) is 4.80. The highest BCUT2D eigenvalue weighted by Gasteiger charge is 2.20. The van der Waals surface area contributed by atoms with Crippen LogP contribution in [-0.4, -0.2) is 73.4 Å². The van der Waals surface area contributed by atoms with Gasteiger partial charge in [0.05, 0.1) is 6.10 Å². The molecule has 2 fully saturated rings. The summed E-state index contributed by atoms with van der Waals surface area (Å²) in [5.41, 5.74) is 0. The molecule has 0 aliphatic carbocycles. The summed E-state index contributed by atoms with van der Waals surface area (Å²) in [6.07, 6.45) is 2.46. The molecule has 0 aromatic rings. The van der Waals surface area contributed by atoms with Gasteiger partial charge < -0.3 is 15.3 Å². The molecule has 2 saturated heterocycles. The van der Waals surface area contributed by atoms with Crippen molar-refractivity contribution in [3.05, 3.63) is 0 Å². The van der Waals surface area contributed by atoms with Crippen LogP contribution in [0.3, 0.4) is 0 Å². The molecule has 0 radical (unpaired) electrons. The third-order valence-corrected chi connectivity index (χ3v) is 3.89. The van der Waals surface area contributed by atoms with E-state index >= 15 is 0 Å². The van der Waals surface area contributed by atoms with Gasteiger partial charge in [-0.15, -0.1) is 0 Å². The Bertz CT molecular complexity index is 219. The lowest BCUT2D eigenvalue weighted by molar-refractivity contribution is 0.0555. The Morgan fingerprint density at radius 3 is 2.59 bits per heavy atom. The van der Waals surface area contributed by atoms with Crippen molar-refractivity contribution in [1.82, 2.24) is 15.1 Å². The lowest BCUT2D eigenvalue weighted by Gasteiger charge is -2.34. The lowest BCUT2D eigenvalue weighted by atomic mass is 10.00. The van der Waals surface area contributed by atoms with Gasteiger partial charge in [-0.25, -0.2) is 0 Å². The van der Waals surface area contributed by atoms with Gasteiger partial charge in [0.15, 0.2) is 0 Å². The Hall–Kier alpha value is -0.160. The van der Waals surface area contributed by atoms with Crippen molar-refractivity contribution in [2.75, 3.05) is 52.4 Å². The first kappa shape index (κ1) is 13.3. The number of hydrogen-bond acceptors (Lipinski definition) is 4. The third kappa shape index (κ3) is 4.54. The summed E-state index contributed by atoms with van der Waals surface area (Å²) in [7, 11) is 0. The van der Waals surface area contributed by atoms with E-state index in [1.807, 2.05) is 0 Å². The Labute approximate surface area is 105 Å². The van der Waals surface area contributed by atoms with E-state index in [1.54, 1.807) is 0 Å². The maximum absolute atomic E-state index is 10.1. The van der Waals surface area contributed by atoms with Gasteiger partial charge in [0, 0.05) is 45.8 Å². The zero-order valence-electron chi connectivity index (χ0n) is 11.1. The largest absolute Gasteiger partial charge is 0.390 e. The maximum Gasteiger partial charge on any atom is 0.0793 e. The minimum absolute atomic E-state index is 0.182. The van der Waals surface area contributed by atoms with Gasteiger partial charge in [-0.3, -0.25) is 4.90 Å². The summed E-state index contributed by atoms with van der Waals surface area (Å²) < 4.78 is 0. The van der Waals surface area contributed by atoms with Crippen LogP contribution in [0.25, 0.3) is 0 Å². The Balaban J connectivity index is 1.66. The van der Waals surface area contributed by atoms with Crippen molar-refractivity contribution in [1.29, 1.82) is 0 Å². The van der Waals surface area contributed by atoms with Gasteiger partial charge in [0.25, 0.3) is 0 Å². The molecule has 0 aromatic carbocycles. The zero-order valence-corrected chi connectivity index (χ0v) is 11.1. The number of piperazine rings is 1. The van der Waals surface area contributed by atoms with E-state index in [9.17, 15) is 5.11 Å². The van der Waals surface area contributed by atoms with Crippen molar-refractivity contribution in [2.24, 2.45) is 5.92 Å². The number of aliphatic hydroxyl groups excluding tert-OH is 1. The van der Waals surface area contributed by atoms with Crippen molar-refractivity contribution in [3.63, 3.8) is 0 Å². The van der Waals surface area contributed by atoms with Crippen molar-refractivity contribution >= 4 is 0 Å². The minimum atomic E-state index is -0.182. The molecule has 2 aliphatic heterocycles. The molecule has 0 aromatic heterocycles. The fourth-order valence-electron chi connectivity index (χ4n) is 3.00. The lowest BCUT2D eigenvalue weighted by Crippen LogP contribution is -2.49. The highest BCUT2D eigenvalue weighted by molar-refractivity contribution is 4.76. The van der Waals surface area contributed by atoms with Gasteiger partial charge in [0.1, 0.15) is 0 Å². The first-order chi connectivity index (χ1) is 8.24. The number of hydrogen-bond donors (Lipinski definition) is 2. The molecular formula is C13H27N3O. The van der Waals surface area contributed by atoms with E-state index in [0.717, 1.165) is 45.2 Å². The van der Waals surface area contributed by atoms with Crippen LogP contribution in [0, 0.1) is 5.92 Å². The van der Waals surface area contributed by atoms with Gasteiger partial charge in [-0.05, 0) is 25.3 Å². The molecule has 2 aliphatic rings. The topological polar surface area (TPSA) is 38.7 Å². The molecule has 2 N–H and O–H groups in total. The first-order valence-electron chi connectivity index (χ1n) is 7.07. The molecule has 0 spiro atoms. The van der Waals surface area contributed by atoms with E-state index in [2.05, 4.69) is 22.0 Å². The highest BCUT2D eigenvalue weighted by atomic mass is 16.3. The van der Waals surface area contributed by atoms with Crippen molar-refractivity contribution in [2.45, 2.75) is 25.9 Å². The molecule has 100 valence electrons. The molecule has 2 rings (SSSR count). The van der Waals surface area contributed by atoms with Gasteiger partial charge in [-0.2, -0.15) is 0 Å². The quantitative estimate of drug-likeness (QED) is 0.726. The predicted molar refractivity (Wildman–Crippen MR) is 70.2 cm³/mol. The number of rotatable bonds is 4. The molecule has 2 heterocycles. The maximum atomic E-state index is 10.1. The SMILES string of the molecule is CC1CCCN(CC(O)CN2CCNCC2)C1. The van der Waals surface area contributed by atoms with Crippen LogP contribution in [0.1, 0.15) is 19.8 Å². The van der Waals surface area contributed by atoms with Crippen LogP contribution in [0.15, 0.2) is 0 Å². The molecule has 4 heteroatoms. The van der Waals surface area contributed by atoms with Gasteiger partial charge in [0.2, 0.25) is 0 Å². The smallest absolute Gasteiger partial charge is 0.0793 e. The minimum Gasteiger partial charge on any atom is -0.390 e. The van der Waals surface area contributed by atoms with E-state index in [0.29, 0.717) is 0 Å². The number of nitrogens with zero attached hydrogens (tertiary/aromatic N) is 2. The van der Waals surface area contributed by atoms with Crippen molar-refractivity contribution in [3.8, 4) is 0 Å². The standard InChI is InChI=1S/C13H27N3O/c1-12-3-2-6-16(9-12)11-13(17)10-15-7-4-14-5-8-15/h12-14,17H,2-11H2,1H3. The molecule has 0 amide bonds. The Morgan fingerprint density at radius 2 is 1.88 bits per heavy atom. The normalized spacial score (nSPS) is 30.4. The van der Waals surface area contributed by atoms with Crippen LogP contribution in [0.5, 0.6) is 0 Å². The molecule has 0 bridgehead atoms. The van der Waals surface area contributed by atoms with E-state index in [1.165, 1.54) is 25.9 Å². The summed E-state index contributed by atoms with van der Waals surface area (Å²) >= 11 is 0. The number of nitrogens with one attached hydrogen (secondary N) is 1. The molecule has 2 unspecified atom stereocenters. The molecule has 2 atom stereocenters. The molecule has 4 nitrogen and oxygen atoms in total. The predicted octanol–water partition coefficient (Wildman–Crippen LogP) is -0.0156. The average molecular weight is 241 g/mol. The molecular weight excluding hydrogens is 214 g/mol. The summed E-state index contributed by atoms with van der Waals surface area (Å²) in [5, 5.41) is 13.5. The van der Waals surface area contributed by atoms with Crippen LogP contribution in [-0.2, 0) is 0 Å². The zero-order chi connectivity index (χ0) is 12.1. The average Bonchev–Trinajstić information content (AvgIpc) is 2.30. The Morgan fingerprint density at radius 1 is 1.18 bits per heavy atom. The molecule has 17 heavy (non-hydrogen) atoms. The number of piperidine rings is 1. The van der Waals surface area contributed by atoms with Crippen LogP contribution >= 0.6 is 0 Å².